The van der Waals surface area contributed by atoms with E-state index in [-0.39, 0.29) is 5.56 Å². The highest BCUT2D eigenvalue weighted by Gasteiger charge is 2.14. The maximum absolute atomic E-state index is 12.9. The summed E-state index contributed by atoms with van der Waals surface area (Å²) in [5, 5.41) is 12.9. The first kappa shape index (κ1) is 20.6. The molecule has 0 radical (unpaired) electrons. The number of aliphatic imine (C=N–C) groups is 1. The van der Waals surface area contributed by atoms with E-state index in [0.717, 1.165) is 30.6 Å². The summed E-state index contributed by atoms with van der Waals surface area (Å²) in [7, 11) is 0. The average molecular weight is 372 g/mol. The fourth-order valence-corrected chi connectivity index (χ4v) is 3.10. The lowest BCUT2D eigenvalue weighted by Crippen LogP contribution is -3.11. The van der Waals surface area contributed by atoms with E-state index in [0.29, 0.717) is 24.4 Å². The molecule has 27 heavy (non-hydrogen) atoms. The Morgan fingerprint density at radius 2 is 1.81 bits per heavy atom. The highest BCUT2D eigenvalue weighted by atomic mass is 16.3. The summed E-state index contributed by atoms with van der Waals surface area (Å²) >= 11 is 0. The van der Waals surface area contributed by atoms with E-state index in [2.05, 4.69) is 23.8 Å². The van der Waals surface area contributed by atoms with Crippen molar-refractivity contribution in [2.75, 3.05) is 26.2 Å². The molecule has 0 aliphatic heterocycles. The minimum absolute atomic E-state index is 0.0452. The van der Waals surface area contributed by atoms with Crippen LogP contribution in [0.5, 0.6) is 5.88 Å². The predicted molar refractivity (Wildman–Crippen MR) is 105 cm³/mol. The van der Waals surface area contributed by atoms with Crippen LogP contribution in [-0.2, 0) is 0 Å². The second-order valence-electron chi connectivity index (χ2n) is 6.35. The first-order valence-electron chi connectivity index (χ1n) is 9.52. The second kappa shape index (κ2) is 9.87. The van der Waals surface area contributed by atoms with Gasteiger partial charge in [-0.3, -0.25) is 19.3 Å². The number of rotatable bonds is 9. The number of hydrogen-bond donors (Lipinski definition) is 2. The second-order valence-corrected chi connectivity index (χ2v) is 6.35. The fraction of sp³-hybridized carbons (Fsp3) is 0.450. The molecule has 146 valence electrons. The van der Waals surface area contributed by atoms with Crippen LogP contribution in [0, 0.1) is 0 Å². The van der Waals surface area contributed by atoms with Gasteiger partial charge in [0.2, 0.25) is 0 Å². The van der Waals surface area contributed by atoms with Gasteiger partial charge in [-0.25, -0.2) is 4.79 Å². The van der Waals surface area contributed by atoms with E-state index in [1.165, 1.54) is 4.90 Å². The Hall–Kier alpha value is -2.67. The SMILES string of the molecule is CCC(=NCCC[NH+](CC)CC)c1c([O-])n(-c2ccccc2)c(=O)[nH]c1=O. The first-order chi connectivity index (χ1) is 13.0. The molecule has 2 N–H and O–H groups in total. The molecule has 1 aromatic heterocycles. The number of para-hydroxylation sites is 1. The van der Waals surface area contributed by atoms with Crippen LogP contribution in [0.2, 0.25) is 0 Å². The third-order valence-corrected chi connectivity index (χ3v) is 4.70. The van der Waals surface area contributed by atoms with Crippen molar-refractivity contribution in [2.45, 2.75) is 33.6 Å². The molecule has 0 saturated carbocycles. The Kier molecular flexibility index (Phi) is 7.55. The van der Waals surface area contributed by atoms with Crippen molar-refractivity contribution in [1.29, 1.82) is 0 Å². The van der Waals surface area contributed by atoms with Crippen molar-refractivity contribution in [3.05, 3.63) is 56.7 Å². The number of nitrogens with one attached hydrogen (secondary N) is 2. The third-order valence-electron chi connectivity index (χ3n) is 4.70. The van der Waals surface area contributed by atoms with Gasteiger partial charge >= 0.3 is 5.69 Å². The van der Waals surface area contributed by atoms with Crippen molar-refractivity contribution in [3.63, 3.8) is 0 Å². The lowest BCUT2D eigenvalue weighted by Gasteiger charge is -2.20. The Balaban J connectivity index is 2.36. The summed E-state index contributed by atoms with van der Waals surface area (Å²) < 4.78 is 0.988. The number of quaternary nitrogens is 1. The highest BCUT2D eigenvalue weighted by Crippen LogP contribution is 2.15. The highest BCUT2D eigenvalue weighted by molar-refractivity contribution is 6.01. The van der Waals surface area contributed by atoms with Crippen LogP contribution in [-0.4, -0.2) is 41.4 Å². The molecule has 0 aliphatic rings. The molecule has 0 saturated heterocycles. The van der Waals surface area contributed by atoms with Gasteiger partial charge in [0.25, 0.3) is 5.56 Å². The van der Waals surface area contributed by atoms with Crippen LogP contribution in [0.3, 0.4) is 0 Å². The van der Waals surface area contributed by atoms with E-state index < -0.39 is 17.1 Å². The lowest BCUT2D eigenvalue weighted by molar-refractivity contribution is -0.896. The molecule has 0 unspecified atom stereocenters. The van der Waals surface area contributed by atoms with Gasteiger partial charge in [0.1, 0.15) is 0 Å². The molecule has 0 atom stereocenters. The van der Waals surface area contributed by atoms with E-state index in [1.807, 2.05) is 6.92 Å². The Labute approximate surface area is 159 Å². The van der Waals surface area contributed by atoms with Gasteiger partial charge in [-0.2, -0.15) is 0 Å². The van der Waals surface area contributed by atoms with Gasteiger partial charge < -0.3 is 10.0 Å². The van der Waals surface area contributed by atoms with Crippen LogP contribution in [0.25, 0.3) is 5.69 Å². The summed E-state index contributed by atoms with van der Waals surface area (Å²) in [5.41, 5.74) is -0.588. The van der Waals surface area contributed by atoms with Crippen molar-refractivity contribution in [3.8, 4) is 11.6 Å². The van der Waals surface area contributed by atoms with Crippen molar-refractivity contribution in [2.24, 2.45) is 4.99 Å². The number of aromatic amines is 1. The maximum atomic E-state index is 12.9. The Bertz CT molecular complexity index is 880. The van der Waals surface area contributed by atoms with Gasteiger partial charge in [0, 0.05) is 24.4 Å². The third kappa shape index (κ3) is 4.95. The molecule has 0 spiro atoms. The zero-order valence-electron chi connectivity index (χ0n) is 16.2. The molecule has 0 amide bonds. The maximum Gasteiger partial charge on any atom is 0.332 e. The van der Waals surface area contributed by atoms with Crippen molar-refractivity contribution >= 4 is 5.71 Å². The van der Waals surface area contributed by atoms with Gasteiger partial charge in [0.15, 0.2) is 0 Å². The lowest BCUT2D eigenvalue weighted by atomic mass is 10.1. The van der Waals surface area contributed by atoms with Crippen LogP contribution < -0.4 is 21.3 Å². The summed E-state index contributed by atoms with van der Waals surface area (Å²) in [5.74, 6) is -0.620. The zero-order chi connectivity index (χ0) is 19.8. The molecule has 2 aromatic rings. The standard InChI is InChI=1S/C20H28N4O3/c1-4-16(21-13-10-14-23(5-2)6-3)17-18(25)22-20(27)24(19(17)26)15-11-8-7-9-12-15/h7-9,11-12,26H,4-6,10,13-14H2,1-3H3,(H,22,25,27). The summed E-state index contributed by atoms with van der Waals surface area (Å²) in [6, 6.07) is 8.57. The van der Waals surface area contributed by atoms with E-state index >= 15 is 0 Å². The summed E-state index contributed by atoms with van der Waals surface area (Å²) in [4.78, 5) is 32.8. The molecule has 0 aliphatic carbocycles. The number of hydrogen-bond acceptors (Lipinski definition) is 4. The quantitative estimate of drug-likeness (QED) is 0.483. The van der Waals surface area contributed by atoms with Crippen LogP contribution in [0.1, 0.15) is 39.2 Å². The van der Waals surface area contributed by atoms with Crippen molar-refractivity contribution < 1.29 is 10.0 Å². The smallest absolute Gasteiger partial charge is 0.332 e. The Morgan fingerprint density at radius 3 is 2.41 bits per heavy atom. The monoisotopic (exact) mass is 372 g/mol. The average Bonchev–Trinajstić information content (AvgIpc) is 2.67. The molecule has 1 heterocycles. The van der Waals surface area contributed by atoms with Crippen molar-refractivity contribution in [1.82, 2.24) is 9.55 Å². The zero-order valence-corrected chi connectivity index (χ0v) is 16.2. The largest absolute Gasteiger partial charge is 0.859 e. The molecular weight excluding hydrogens is 344 g/mol. The van der Waals surface area contributed by atoms with Gasteiger partial charge in [0.05, 0.1) is 25.2 Å². The van der Waals surface area contributed by atoms with E-state index in [4.69, 9.17) is 0 Å². The molecule has 0 bridgehead atoms. The van der Waals surface area contributed by atoms with Crippen LogP contribution >= 0.6 is 0 Å². The van der Waals surface area contributed by atoms with Gasteiger partial charge in [-0.05, 0) is 38.3 Å². The minimum Gasteiger partial charge on any atom is -0.859 e. The number of H-pyrrole nitrogens is 1. The van der Waals surface area contributed by atoms with Gasteiger partial charge in [-0.1, -0.05) is 25.1 Å². The first-order valence-corrected chi connectivity index (χ1v) is 9.52. The molecular formula is C20H28N4O3. The fourth-order valence-electron chi connectivity index (χ4n) is 3.10. The van der Waals surface area contributed by atoms with Gasteiger partial charge in [-0.15, -0.1) is 0 Å². The summed E-state index contributed by atoms with van der Waals surface area (Å²) in [6.07, 6.45) is 1.33. The molecule has 1 aromatic carbocycles. The number of benzene rings is 1. The van der Waals surface area contributed by atoms with E-state index in [1.54, 1.807) is 30.3 Å². The molecule has 7 heteroatoms. The molecule has 2 rings (SSSR count). The van der Waals surface area contributed by atoms with E-state index in [9.17, 15) is 14.7 Å². The Morgan fingerprint density at radius 1 is 1.15 bits per heavy atom. The minimum atomic E-state index is -0.736. The predicted octanol–water partition coefficient (Wildman–Crippen LogP) is 0.113. The molecule has 7 nitrogen and oxygen atoms in total. The normalized spacial score (nSPS) is 11.9. The summed E-state index contributed by atoms with van der Waals surface area (Å²) in [6.45, 7) is 9.82. The molecule has 0 fully saturated rings. The van der Waals surface area contributed by atoms with Crippen LogP contribution in [0.15, 0.2) is 44.9 Å². The number of nitrogens with zero attached hydrogens (tertiary/aromatic N) is 2. The number of aromatic nitrogens is 2. The van der Waals surface area contributed by atoms with Crippen LogP contribution in [0.4, 0.5) is 0 Å². The topological polar surface area (TPSA) is 94.7 Å².